The molecule has 0 aromatic heterocycles. The van der Waals surface area contributed by atoms with Crippen LogP contribution in [-0.2, 0) is 21.6 Å². The lowest BCUT2D eigenvalue weighted by Crippen LogP contribution is -2.24. The molecule has 0 bridgehead atoms. The summed E-state index contributed by atoms with van der Waals surface area (Å²) in [6, 6.07) is 8.42. The lowest BCUT2D eigenvalue weighted by atomic mass is 10.2. The molecule has 15 heavy (non-hydrogen) atoms. The summed E-state index contributed by atoms with van der Waals surface area (Å²) in [5.41, 5.74) is 0.592. The Balaban J connectivity index is 2.91. The molecule has 0 saturated heterocycles. The monoisotopic (exact) mass is 228 g/mol. The average molecular weight is 228 g/mol. The maximum Gasteiger partial charge on any atom is 0.375 e. The third-order valence-electron chi connectivity index (χ3n) is 1.58. The first-order valence-electron chi connectivity index (χ1n) is 3.91. The number of hydrazone groups is 1. The van der Waals surface area contributed by atoms with Gasteiger partial charge in [0, 0.05) is 0 Å². The SMILES string of the molecule is O=C=NN(Cc1ccccc1)S(=O)(=O)O. The van der Waals surface area contributed by atoms with E-state index >= 15 is 0 Å². The molecule has 0 fully saturated rings. The molecule has 0 spiro atoms. The van der Waals surface area contributed by atoms with Gasteiger partial charge in [0.15, 0.2) is 0 Å². The second-order valence-electron chi connectivity index (χ2n) is 2.64. The Hall–Kier alpha value is -1.69. The summed E-state index contributed by atoms with van der Waals surface area (Å²) in [5.74, 6) is 0. The van der Waals surface area contributed by atoms with Gasteiger partial charge in [0.2, 0.25) is 0 Å². The highest BCUT2D eigenvalue weighted by Gasteiger charge is 2.16. The van der Waals surface area contributed by atoms with E-state index in [1.807, 2.05) is 0 Å². The van der Waals surface area contributed by atoms with Crippen LogP contribution in [-0.4, -0.2) is 23.5 Å². The van der Waals surface area contributed by atoms with Crippen LogP contribution >= 0.6 is 0 Å². The van der Waals surface area contributed by atoms with E-state index in [9.17, 15) is 13.2 Å². The van der Waals surface area contributed by atoms with Crippen LogP contribution in [0.4, 0.5) is 0 Å². The summed E-state index contributed by atoms with van der Waals surface area (Å²) in [4.78, 5) is 9.94. The number of rotatable bonds is 4. The van der Waals surface area contributed by atoms with Gasteiger partial charge in [-0.1, -0.05) is 35.4 Å². The van der Waals surface area contributed by atoms with Crippen LogP contribution in [0.5, 0.6) is 0 Å². The molecule has 0 radical (unpaired) electrons. The van der Waals surface area contributed by atoms with Crippen molar-refractivity contribution in [3.05, 3.63) is 35.9 Å². The average Bonchev–Trinajstić information content (AvgIpc) is 2.17. The fraction of sp³-hybridized carbons (Fsp3) is 0.125. The van der Waals surface area contributed by atoms with Crippen molar-refractivity contribution >= 4 is 16.4 Å². The van der Waals surface area contributed by atoms with Gasteiger partial charge < -0.3 is 0 Å². The molecule has 0 aliphatic rings. The zero-order valence-corrected chi connectivity index (χ0v) is 8.38. The van der Waals surface area contributed by atoms with Crippen molar-refractivity contribution in [2.75, 3.05) is 0 Å². The summed E-state index contributed by atoms with van der Waals surface area (Å²) >= 11 is 0. The zero-order valence-electron chi connectivity index (χ0n) is 7.57. The van der Waals surface area contributed by atoms with Crippen LogP contribution in [0.3, 0.4) is 0 Å². The quantitative estimate of drug-likeness (QED) is 0.352. The Bertz CT molecular complexity index is 465. The highest BCUT2D eigenvalue weighted by atomic mass is 32.2. The van der Waals surface area contributed by atoms with Crippen molar-refractivity contribution in [3.63, 3.8) is 0 Å². The van der Waals surface area contributed by atoms with E-state index in [4.69, 9.17) is 4.55 Å². The molecule has 7 heteroatoms. The molecule has 1 N–H and O–H groups in total. The van der Waals surface area contributed by atoms with Crippen molar-refractivity contribution in [1.82, 2.24) is 4.41 Å². The van der Waals surface area contributed by atoms with Gasteiger partial charge >= 0.3 is 10.3 Å². The van der Waals surface area contributed by atoms with E-state index in [0.717, 1.165) is 6.08 Å². The van der Waals surface area contributed by atoms with Crippen LogP contribution in [0.2, 0.25) is 0 Å². The molecule has 80 valence electrons. The number of hydrogen-bond acceptors (Lipinski definition) is 4. The molecule has 1 aromatic rings. The van der Waals surface area contributed by atoms with Crippen LogP contribution in [0, 0.1) is 0 Å². The Morgan fingerprint density at radius 3 is 2.40 bits per heavy atom. The van der Waals surface area contributed by atoms with E-state index < -0.39 is 10.3 Å². The molecule has 0 amide bonds. The highest BCUT2D eigenvalue weighted by molar-refractivity contribution is 7.83. The standard InChI is InChI=1S/C8H8N2O4S/c11-7-9-10(15(12,13)14)6-8-4-2-1-3-5-8/h1-5H,6H2,(H,12,13,14). The maximum absolute atomic E-state index is 10.7. The van der Waals surface area contributed by atoms with E-state index in [2.05, 4.69) is 5.10 Å². The number of hydrogen-bond donors (Lipinski definition) is 1. The molecule has 1 aromatic carbocycles. The number of benzene rings is 1. The first-order chi connectivity index (χ1) is 7.04. The van der Waals surface area contributed by atoms with Gasteiger partial charge in [-0.3, -0.25) is 4.55 Å². The van der Waals surface area contributed by atoms with E-state index in [-0.39, 0.29) is 11.0 Å². The number of isocyanates is 1. The smallest absolute Gasteiger partial charge is 0.268 e. The minimum Gasteiger partial charge on any atom is -0.268 e. The lowest BCUT2D eigenvalue weighted by molar-refractivity contribution is 0.355. The molecule has 1 rings (SSSR count). The summed E-state index contributed by atoms with van der Waals surface area (Å²) in [7, 11) is -4.52. The lowest BCUT2D eigenvalue weighted by Gasteiger charge is -2.12. The molecule has 0 unspecified atom stereocenters. The second kappa shape index (κ2) is 4.70. The Labute approximate surface area is 86.7 Å². The van der Waals surface area contributed by atoms with Gasteiger partial charge in [-0.2, -0.15) is 12.8 Å². The number of nitrogens with zero attached hydrogens (tertiary/aromatic N) is 2. The Morgan fingerprint density at radius 2 is 1.93 bits per heavy atom. The minimum atomic E-state index is -4.52. The van der Waals surface area contributed by atoms with E-state index in [0.29, 0.717) is 5.56 Å². The fourth-order valence-electron chi connectivity index (χ4n) is 0.954. The first-order valence-corrected chi connectivity index (χ1v) is 5.30. The van der Waals surface area contributed by atoms with Gasteiger partial charge in [-0.15, -0.1) is 0 Å². The summed E-state index contributed by atoms with van der Waals surface area (Å²) in [5, 5.41) is 2.88. The van der Waals surface area contributed by atoms with Crippen LogP contribution in [0.15, 0.2) is 35.4 Å². The number of carbonyl (C=O) groups excluding carboxylic acids is 1. The topological polar surface area (TPSA) is 87.0 Å². The van der Waals surface area contributed by atoms with Crippen molar-refractivity contribution in [1.29, 1.82) is 0 Å². The predicted octanol–water partition coefficient (Wildman–Crippen LogP) is 0.542. The van der Waals surface area contributed by atoms with Gasteiger partial charge in [0.25, 0.3) is 6.08 Å². The maximum atomic E-state index is 10.7. The molecule has 0 saturated carbocycles. The van der Waals surface area contributed by atoms with Gasteiger partial charge in [-0.05, 0) is 5.56 Å². The molecule has 0 atom stereocenters. The first kappa shape index (κ1) is 11.4. The Kier molecular flexibility index (Phi) is 3.56. The normalized spacial score (nSPS) is 10.5. The van der Waals surface area contributed by atoms with E-state index in [1.54, 1.807) is 30.3 Å². The third kappa shape index (κ3) is 3.51. The van der Waals surface area contributed by atoms with Gasteiger partial charge in [-0.25, -0.2) is 4.79 Å². The molecule has 0 aliphatic carbocycles. The van der Waals surface area contributed by atoms with Gasteiger partial charge in [0.05, 0.1) is 6.54 Å². The van der Waals surface area contributed by atoms with Crippen molar-refractivity contribution < 1.29 is 17.8 Å². The summed E-state index contributed by atoms with van der Waals surface area (Å²) < 4.78 is 30.4. The molecule has 6 nitrogen and oxygen atoms in total. The molecular formula is C8H8N2O4S. The molecular weight excluding hydrogens is 220 g/mol. The van der Waals surface area contributed by atoms with Crippen LogP contribution in [0.25, 0.3) is 0 Å². The predicted molar refractivity (Wildman–Crippen MR) is 51.7 cm³/mol. The molecule has 0 heterocycles. The summed E-state index contributed by atoms with van der Waals surface area (Å²) in [6.45, 7) is -0.213. The van der Waals surface area contributed by atoms with Crippen LogP contribution in [0.1, 0.15) is 5.56 Å². The second-order valence-corrected chi connectivity index (χ2v) is 3.95. The minimum absolute atomic E-state index is 0.213. The van der Waals surface area contributed by atoms with Crippen molar-refractivity contribution in [2.45, 2.75) is 6.54 Å². The van der Waals surface area contributed by atoms with Gasteiger partial charge in [0.1, 0.15) is 0 Å². The fourth-order valence-corrected chi connectivity index (χ4v) is 1.40. The zero-order chi connectivity index (χ0) is 11.3. The third-order valence-corrected chi connectivity index (χ3v) is 2.32. The van der Waals surface area contributed by atoms with E-state index in [1.165, 1.54) is 0 Å². The largest absolute Gasteiger partial charge is 0.375 e. The highest BCUT2D eigenvalue weighted by Crippen LogP contribution is 2.07. The van der Waals surface area contributed by atoms with Crippen molar-refractivity contribution in [3.8, 4) is 0 Å². The van der Waals surface area contributed by atoms with Crippen molar-refractivity contribution in [2.24, 2.45) is 5.10 Å². The Morgan fingerprint density at radius 1 is 1.33 bits per heavy atom. The molecule has 0 aliphatic heterocycles. The van der Waals surface area contributed by atoms with Crippen LogP contribution < -0.4 is 0 Å². The summed E-state index contributed by atoms with van der Waals surface area (Å²) in [6.07, 6.45) is 1.06.